The first kappa shape index (κ1) is 10.6. The SMILES string of the molecule is O=C(c1ccnc(F)c1F)N1CC2CCC1C2. The van der Waals surface area contributed by atoms with Crippen LogP contribution in [0.4, 0.5) is 8.78 Å². The number of likely N-dealkylation sites (tertiary alicyclic amines) is 1. The fourth-order valence-electron chi connectivity index (χ4n) is 2.91. The number of carbonyl (C=O) groups excluding carboxylic acids is 1. The molecule has 2 unspecified atom stereocenters. The van der Waals surface area contributed by atoms with Gasteiger partial charge in [-0.05, 0) is 31.2 Å². The maximum Gasteiger partial charge on any atom is 0.257 e. The number of carbonyl (C=O) groups is 1. The van der Waals surface area contributed by atoms with Crippen molar-refractivity contribution >= 4 is 5.91 Å². The first-order valence-electron chi connectivity index (χ1n) is 5.78. The lowest BCUT2D eigenvalue weighted by Gasteiger charge is -2.27. The van der Waals surface area contributed by atoms with Crippen LogP contribution in [0.1, 0.15) is 29.6 Å². The predicted octanol–water partition coefficient (Wildman–Crippen LogP) is 1.98. The van der Waals surface area contributed by atoms with Crippen molar-refractivity contribution in [3.05, 3.63) is 29.6 Å². The van der Waals surface area contributed by atoms with E-state index in [0.29, 0.717) is 12.5 Å². The van der Waals surface area contributed by atoms with E-state index in [2.05, 4.69) is 4.98 Å². The van der Waals surface area contributed by atoms with Gasteiger partial charge in [0.2, 0.25) is 5.95 Å². The number of nitrogens with zero attached hydrogens (tertiary/aromatic N) is 2. The van der Waals surface area contributed by atoms with Crippen LogP contribution in [0.2, 0.25) is 0 Å². The number of hydrogen-bond acceptors (Lipinski definition) is 2. The number of amides is 1. The van der Waals surface area contributed by atoms with Crippen molar-refractivity contribution in [2.24, 2.45) is 5.92 Å². The molecule has 2 aliphatic rings. The minimum absolute atomic E-state index is 0.204. The summed E-state index contributed by atoms with van der Waals surface area (Å²) in [6, 6.07) is 1.45. The van der Waals surface area contributed by atoms with Crippen LogP contribution in [0.25, 0.3) is 0 Å². The second kappa shape index (κ2) is 3.75. The highest BCUT2D eigenvalue weighted by Gasteiger charge is 2.41. The summed E-state index contributed by atoms with van der Waals surface area (Å²) < 4.78 is 26.4. The van der Waals surface area contributed by atoms with Gasteiger partial charge in [-0.15, -0.1) is 0 Å². The largest absolute Gasteiger partial charge is 0.335 e. The first-order chi connectivity index (χ1) is 8.16. The minimum Gasteiger partial charge on any atom is -0.335 e. The van der Waals surface area contributed by atoms with Gasteiger partial charge in [-0.25, -0.2) is 9.37 Å². The quantitative estimate of drug-likeness (QED) is 0.701. The topological polar surface area (TPSA) is 33.2 Å². The second-order valence-corrected chi connectivity index (χ2v) is 4.75. The third-order valence-electron chi connectivity index (χ3n) is 3.75. The van der Waals surface area contributed by atoms with Crippen molar-refractivity contribution in [1.82, 2.24) is 9.88 Å². The van der Waals surface area contributed by atoms with Gasteiger partial charge in [0, 0.05) is 18.8 Å². The zero-order valence-corrected chi connectivity index (χ0v) is 9.20. The Kier molecular flexibility index (Phi) is 2.34. The molecule has 17 heavy (non-hydrogen) atoms. The number of rotatable bonds is 1. The molecule has 1 saturated heterocycles. The van der Waals surface area contributed by atoms with Gasteiger partial charge in [0.15, 0.2) is 5.82 Å². The standard InChI is InChI=1S/C12H12F2N2O/c13-10-9(3-4-15-11(10)14)12(17)16-6-7-1-2-8(16)5-7/h3-4,7-8H,1-2,5-6H2. The third kappa shape index (κ3) is 1.61. The normalized spacial score (nSPS) is 26.6. The molecule has 2 heterocycles. The van der Waals surface area contributed by atoms with E-state index in [1.165, 1.54) is 6.07 Å². The van der Waals surface area contributed by atoms with Gasteiger partial charge in [0.05, 0.1) is 5.56 Å². The lowest BCUT2D eigenvalue weighted by atomic mass is 10.1. The van der Waals surface area contributed by atoms with Crippen LogP contribution in [-0.2, 0) is 0 Å². The molecule has 0 radical (unpaired) electrons. The summed E-state index contributed by atoms with van der Waals surface area (Å²) in [5, 5.41) is 0. The van der Waals surface area contributed by atoms with Crippen LogP contribution in [-0.4, -0.2) is 28.4 Å². The predicted molar refractivity (Wildman–Crippen MR) is 56.3 cm³/mol. The summed E-state index contributed by atoms with van der Waals surface area (Å²) in [5.74, 6) is -2.21. The van der Waals surface area contributed by atoms with Gasteiger partial charge in [-0.1, -0.05) is 0 Å². The van der Waals surface area contributed by atoms with Gasteiger partial charge < -0.3 is 4.90 Å². The summed E-state index contributed by atoms with van der Waals surface area (Å²) in [4.78, 5) is 17.0. The van der Waals surface area contributed by atoms with Crippen molar-refractivity contribution in [2.45, 2.75) is 25.3 Å². The Hall–Kier alpha value is -1.52. The van der Waals surface area contributed by atoms with Gasteiger partial charge in [-0.3, -0.25) is 4.79 Å². The molecular formula is C12H12F2N2O. The molecule has 3 rings (SSSR count). The molecule has 1 aliphatic heterocycles. The van der Waals surface area contributed by atoms with E-state index in [0.717, 1.165) is 25.5 Å². The van der Waals surface area contributed by atoms with E-state index < -0.39 is 17.7 Å². The molecule has 1 amide bonds. The molecule has 2 fully saturated rings. The Balaban J connectivity index is 1.89. The van der Waals surface area contributed by atoms with Crippen LogP contribution in [0.15, 0.2) is 12.3 Å². The van der Waals surface area contributed by atoms with Gasteiger partial charge in [0.25, 0.3) is 5.91 Å². The van der Waals surface area contributed by atoms with Crippen molar-refractivity contribution in [3.63, 3.8) is 0 Å². The third-order valence-corrected chi connectivity index (χ3v) is 3.75. The van der Waals surface area contributed by atoms with Crippen LogP contribution in [0, 0.1) is 17.7 Å². The number of pyridine rings is 1. The number of aromatic nitrogens is 1. The van der Waals surface area contributed by atoms with Gasteiger partial charge in [0.1, 0.15) is 0 Å². The zero-order valence-electron chi connectivity index (χ0n) is 9.20. The average molecular weight is 238 g/mol. The summed E-state index contributed by atoms with van der Waals surface area (Å²) in [7, 11) is 0. The summed E-state index contributed by atoms with van der Waals surface area (Å²) in [6.45, 7) is 0.673. The number of halogens is 2. The number of piperidine rings is 1. The molecule has 1 aromatic rings. The fourth-order valence-corrected chi connectivity index (χ4v) is 2.91. The van der Waals surface area contributed by atoms with Crippen molar-refractivity contribution < 1.29 is 13.6 Å². The van der Waals surface area contributed by atoms with E-state index in [1.54, 1.807) is 4.90 Å². The molecular weight excluding hydrogens is 226 g/mol. The van der Waals surface area contributed by atoms with Crippen LogP contribution >= 0.6 is 0 Å². The van der Waals surface area contributed by atoms with Crippen LogP contribution < -0.4 is 0 Å². The Labute approximate surface area is 97.4 Å². The maximum absolute atomic E-state index is 13.5. The van der Waals surface area contributed by atoms with Gasteiger partial charge in [-0.2, -0.15) is 4.39 Å². The summed E-state index contributed by atoms with van der Waals surface area (Å²) in [5.41, 5.74) is -0.204. The lowest BCUT2D eigenvalue weighted by molar-refractivity contribution is 0.0697. The molecule has 1 aromatic heterocycles. The van der Waals surface area contributed by atoms with Crippen molar-refractivity contribution in [2.75, 3.05) is 6.54 Å². The molecule has 0 aromatic carbocycles. The van der Waals surface area contributed by atoms with E-state index in [1.807, 2.05) is 0 Å². The number of hydrogen-bond donors (Lipinski definition) is 0. The smallest absolute Gasteiger partial charge is 0.257 e. The van der Waals surface area contributed by atoms with E-state index >= 15 is 0 Å². The minimum atomic E-state index is -1.21. The Morgan fingerprint density at radius 1 is 1.41 bits per heavy atom. The molecule has 90 valence electrons. The Morgan fingerprint density at radius 2 is 2.24 bits per heavy atom. The maximum atomic E-state index is 13.5. The number of fused-ring (bicyclic) bond motifs is 2. The monoisotopic (exact) mass is 238 g/mol. The average Bonchev–Trinajstić information content (AvgIpc) is 2.94. The molecule has 3 nitrogen and oxygen atoms in total. The molecule has 2 bridgehead atoms. The molecule has 5 heteroatoms. The molecule has 0 spiro atoms. The van der Waals surface area contributed by atoms with Crippen molar-refractivity contribution in [1.29, 1.82) is 0 Å². The van der Waals surface area contributed by atoms with E-state index in [9.17, 15) is 13.6 Å². The highest BCUT2D eigenvalue weighted by atomic mass is 19.2. The zero-order chi connectivity index (χ0) is 12.0. The highest BCUT2D eigenvalue weighted by molar-refractivity contribution is 5.94. The Morgan fingerprint density at radius 3 is 2.88 bits per heavy atom. The second-order valence-electron chi connectivity index (χ2n) is 4.75. The molecule has 2 atom stereocenters. The summed E-state index contributed by atoms with van der Waals surface area (Å²) >= 11 is 0. The highest BCUT2D eigenvalue weighted by Crippen LogP contribution is 2.38. The van der Waals surface area contributed by atoms with Crippen LogP contribution in [0.3, 0.4) is 0 Å². The van der Waals surface area contributed by atoms with E-state index in [-0.39, 0.29) is 11.6 Å². The fraction of sp³-hybridized carbons (Fsp3) is 0.500. The molecule has 1 saturated carbocycles. The summed E-state index contributed by atoms with van der Waals surface area (Å²) in [6.07, 6.45) is 4.24. The van der Waals surface area contributed by atoms with Crippen molar-refractivity contribution in [3.8, 4) is 0 Å². The molecule has 1 aliphatic carbocycles. The van der Waals surface area contributed by atoms with Crippen LogP contribution in [0.5, 0.6) is 0 Å². The first-order valence-corrected chi connectivity index (χ1v) is 5.78. The van der Waals surface area contributed by atoms with E-state index in [4.69, 9.17) is 0 Å². The molecule has 0 N–H and O–H groups in total. The Bertz CT molecular complexity index is 478. The lowest BCUT2D eigenvalue weighted by Crippen LogP contribution is -2.38. The van der Waals surface area contributed by atoms with Gasteiger partial charge >= 0.3 is 0 Å².